The van der Waals surface area contributed by atoms with E-state index >= 15 is 0 Å². The monoisotopic (exact) mass is 263 g/mol. The van der Waals surface area contributed by atoms with Gasteiger partial charge in [0.05, 0.1) is 6.61 Å². The predicted octanol–water partition coefficient (Wildman–Crippen LogP) is 3.53. The highest BCUT2D eigenvalue weighted by Crippen LogP contribution is 2.24. The van der Waals surface area contributed by atoms with Crippen molar-refractivity contribution >= 4 is 11.5 Å². The van der Waals surface area contributed by atoms with Crippen LogP contribution in [0.4, 0.5) is 5.69 Å². The number of carbonyl (C=O) groups is 1. The number of hydrogen-bond donors (Lipinski definition) is 0. The summed E-state index contributed by atoms with van der Waals surface area (Å²) in [7, 11) is 1.71. The van der Waals surface area contributed by atoms with Crippen LogP contribution in [0, 0.1) is 0 Å². The van der Waals surface area contributed by atoms with Gasteiger partial charge in [-0.3, -0.25) is 4.79 Å². The number of ketones is 1. The summed E-state index contributed by atoms with van der Waals surface area (Å²) in [5.41, 5.74) is 1.85. The molecule has 0 radical (unpaired) electrons. The zero-order chi connectivity index (χ0) is 14.3. The second kappa shape index (κ2) is 7.95. The van der Waals surface area contributed by atoms with Gasteiger partial charge in [-0.1, -0.05) is 26.0 Å². The molecule has 0 aliphatic carbocycles. The number of methoxy groups -OCH3 is 1. The number of anilines is 1. The number of Topliss-reactive ketones (excluding diaryl/α,β-unsaturated/α-hetero) is 1. The molecule has 3 heteroatoms. The molecule has 0 bridgehead atoms. The third-order valence-electron chi connectivity index (χ3n) is 3.49. The van der Waals surface area contributed by atoms with Gasteiger partial charge in [0.2, 0.25) is 0 Å². The molecule has 0 aromatic heterocycles. The first-order valence-electron chi connectivity index (χ1n) is 7.03. The molecule has 0 spiro atoms. The minimum Gasteiger partial charge on any atom is -0.383 e. The summed E-state index contributed by atoms with van der Waals surface area (Å²) in [6.07, 6.45) is 1.58. The summed E-state index contributed by atoms with van der Waals surface area (Å²) in [6.45, 7) is 7.72. The van der Waals surface area contributed by atoms with Gasteiger partial charge in [-0.2, -0.15) is 0 Å². The van der Waals surface area contributed by atoms with Crippen molar-refractivity contribution in [3.63, 3.8) is 0 Å². The lowest BCUT2D eigenvalue weighted by Crippen LogP contribution is -2.36. The van der Waals surface area contributed by atoms with Crippen LogP contribution in [0.3, 0.4) is 0 Å². The topological polar surface area (TPSA) is 29.5 Å². The summed E-state index contributed by atoms with van der Waals surface area (Å²) < 4.78 is 5.19. The fourth-order valence-corrected chi connectivity index (χ4v) is 2.14. The van der Waals surface area contributed by atoms with E-state index in [1.165, 1.54) is 0 Å². The minimum absolute atomic E-state index is 0.196. The van der Waals surface area contributed by atoms with Crippen LogP contribution >= 0.6 is 0 Å². The lowest BCUT2D eigenvalue weighted by Gasteiger charge is -2.32. The van der Waals surface area contributed by atoms with Gasteiger partial charge in [-0.25, -0.2) is 0 Å². The molecule has 0 N–H and O–H groups in total. The molecule has 0 amide bonds. The third-order valence-corrected chi connectivity index (χ3v) is 3.49. The normalized spacial score (nSPS) is 12.2. The van der Waals surface area contributed by atoms with Crippen LogP contribution in [-0.4, -0.2) is 32.1 Å². The van der Waals surface area contributed by atoms with Crippen LogP contribution < -0.4 is 4.90 Å². The van der Waals surface area contributed by atoms with Crippen molar-refractivity contribution in [2.45, 2.75) is 39.7 Å². The van der Waals surface area contributed by atoms with Gasteiger partial charge in [-0.15, -0.1) is 0 Å². The largest absolute Gasteiger partial charge is 0.383 e. The van der Waals surface area contributed by atoms with E-state index in [4.69, 9.17) is 4.74 Å². The zero-order valence-electron chi connectivity index (χ0n) is 12.5. The van der Waals surface area contributed by atoms with Crippen LogP contribution in [0.5, 0.6) is 0 Å². The maximum absolute atomic E-state index is 12.1. The highest BCUT2D eigenvalue weighted by molar-refractivity contribution is 6.01. The van der Waals surface area contributed by atoms with Crippen molar-refractivity contribution in [1.82, 2.24) is 0 Å². The van der Waals surface area contributed by atoms with Gasteiger partial charge in [-0.05, 0) is 25.5 Å². The molecule has 1 rings (SSSR count). The number of para-hydroxylation sites is 1. The highest BCUT2D eigenvalue weighted by Gasteiger charge is 2.18. The fraction of sp³-hybridized carbons (Fsp3) is 0.562. The first kappa shape index (κ1) is 15.7. The molecule has 1 unspecified atom stereocenters. The maximum atomic E-state index is 12.1. The van der Waals surface area contributed by atoms with Gasteiger partial charge in [0, 0.05) is 37.4 Å². The second-order valence-electron chi connectivity index (χ2n) is 4.74. The van der Waals surface area contributed by atoms with Crippen molar-refractivity contribution in [2.75, 3.05) is 25.2 Å². The van der Waals surface area contributed by atoms with Crippen LogP contribution in [0.1, 0.15) is 44.0 Å². The first-order valence-corrected chi connectivity index (χ1v) is 7.03. The highest BCUT2D eigenvalue weighted by atomic mass is 16.5. The van der Waals surface area contributed by atoms with Gasteiger partial charge < -0.3 is 9.64 Å². The summed E-state index contributed by atoms with van der Waals surface area (Å²) in [6, 6.07) is 8.26. The van der Waals surface area contributed by atoms with Crippen molar-refractivity contribution in [3.05, 3.63) is 29.8 Å². The van der Waals surface area contributed by atoms with Crippen molar-refractivity contribution in [3.8, 4) is 0 Å². The molecule has 1 atom stereocenters. The second-order valence-corrected chi connectivity index (χ2v) is 4.74. The molecule has 1 aromatic carbocycles. The van der Waals surface area contributed by atoms with Gasteiger partial charge >= 0.3 is 0 Å². The van der Waals surface area contributed by atoms with E-state index < -0.39 is 0 Å². The SMILES string of the molecule is CCC(=O)c1ccccc1N(CCOC)C(C)CC. The minimum atomic E-state index is 0.196. The average molecular weight is 263 g/mol. The lowest BCUT2D eigenvalue weighted by molar-refractivity contribution is 0.0988. The summed E-state index contributed by atoms with van der Waals surface area (Å²) >= 11 is 0. The van der Waals surface area contributed by atoms with Gasteiger partial charge in [0.1, 0.15) is 0 Å². The van der Waals surface area contributed by atoms with E-state index in [0.717, 1.165) is 24.2 Å². The molecular weight excluding hydrogens is 238 g/mol. The molecule has 0 aliphatic heterocycles. The number of rotatable bonds is 8. The summed E-state index contributed by atoms with van der Waals surface area (Å²) in [5, 5.41) is 0. The van der Waals surface area contributed by atoms with Crippen LogP contribution in [0.2, 0.25) is 0 Å². The number of hydrogen-bond acceptors (Lipinski definition) is 3. The van der Waals surface area contributed by atoms with E-state index in [1.54, 1.807) is 7.11 Å². The Hall–Kier alpha value is -1.35. The maximum Gasteiger partial charge on any atom is 0.164 e. The van der Waals surface area contributed by atoms with E-state index in [0.29, 0.717) is 19.1 Å². The van der Waals surface area contributed by atoms with E-state index in [2.05, 4.69) is 18.7 Å². The molecule has 106 valence electrons. The van der Waals surface area contributed by atoms with Crippen molar-refractivity contribution < 1.29 is 9.53 Å². The first-order chi connectivity index (χ1) is 9.15. The molecule has 1 aromatic rings. The Morgan fingerprint density at radius 3 is 2.58 bits per heavy atom. The predicted molar refractivity (Wildman–Crippen MR) is 80.0 cm³/mol. The number of nitrogens with zero attached hydrogens (tertiary/aromatic N) is 1. The van der Waals surface area contributed by atoms with Gasteiger partial charge in [0.25, 0.3) is 0 Å². The van der Waals surface area contributed by atoms with Gasteiger partial charge in [0.15, 0.2) is 5.78 Å². The van der Waals surface area contributed by atoms with E-state index in [1.807, 2.05) is 31.2 Å². The molecule has 0 saturated heterocycles. The summed E-state index contributed by atoms with van der Waals surface area (Å²) in [5.74, 6) is 0.196. The Morgan fingerprint density at radius 1 is 1.32 bits per heavy atom. The Kier molecular flexibility index (Phi) is 6.57. The Labute approximate surface area is 116 Å². The smallest absolute Gasteiger partial charge is 0.164 e. The summed E-state index contributed by atoms with van der Waals surface area (Å²) in [4.78, 5) is 14.3. The average Bonchev–Trinajstić information content (AvgIpc) is 2.46. The van der Waals surface area contributed by atoms with Crippen molar-refractivity contribution in [2.24, 2.45) is 0 Å². The number of ether oxygens (including phenoxy) is 1. The van der Waals surface area contributed by atoms with Crippen LogP contribution in [-0.2, 0) is 4.74 Å². The van der Waals surface area contributed by atoms with E-state index in [-0.39, 0.29) is 5.78 Å². The molecule has 0 aliphatic rings. The Balaban J connectivity index is 3.10. The number of carbonyl (C=O) groups excluding carboxylic acids is 1. The standard InChI is InChI=1S/C16H25NO2/c1-5-13(3)17(11-12-19-4)15-10-8-7-9-14(15)16(18)6-2/h7-10,13H,5-6,11-12H2,1-4H3. The Morgan fingerprint density at radius 2 is 2.00 bits per heavy atom. The molecule has 0 fully saturated rings. The molecule has 0 heterocycles. The molecule has 19 heavy (non-hydrogen) atoms. The number of benzene rings is 1. The van der Waals surface area contributed by atoms with E-state index in [9.17, 15) is 4.79 Å². The fourth-order valence-electron chi connectivity index (χ4n) is 2.14. The molecule has 3 nitrogen and oxygen atoms in total. The lowest BCUT2D eigenvalue weighted by atomic mass is 10.0. The van der Waals surface area contributed by atoms with Crippen LogP contribution in [0.15, 0.2) is 24.3 Å². The van der Waals surface area contributed by atoms with Crippen LogP contribution in [0.25, 0.3) is 0 Å². The molecular formula is C16H25NO2. The zero-order valence-corrected chi connectivity index (χ0v) is 12.5. The molecule has 0 saturated carbocycles. The quantitative estimate of drug-likeness (QED) is 0.672. The Bertz CT molecular complexity index is 403. The van der Waals surface area contributed by atoms with Crippen molar-refractivity contribution in [1.29, 1.82) is 0 Å². The third kappa shape index (κ3) is 4.06.